The first kappa shape index (κ1) is 15.9. The highest BCUT2D eigenvalue weighted by Crippen LogP contribution is 2.28. The Labute approximate surface area is 142 Å². The minimum absolute atomic E-state index is 0.814. The number of nitrogens with zero attached hydrogens (tertiary/aromatic N) is 5. The molecule has 0 spiro atoms. The van der Waals surface area contributed by atoms with E-state index in [-0.39, 0.29) is 0 Å². The number of azo groups is 1. The zero-order valence-corrected chi connectivity index (χ0v) is 14.4. The molecule has 1 heterocycles. The Morgan fingerprint density at radius 3 is 2.38 bits per heavy atom. The largest absolute Gasteiger partial charge is 0.378 e. The molecule has 122 valence electrons. The highest BCUT2D eigenvalue weighted by molar-refractivity contribution is 5.55. The second kappa shape index (κ2) is 6.66. The number of hydrogen-bond acceptors (Lipinski definition) is 4. The van der Waals surface area contributed by atoms with Gasteiger partial charge in [-0.25, -0.2) is 4.68 Å². The monoisotopic (exact) mass is 319 g/mol. The molecule has 24 heavy (non-hydrogen) atoms. The third-order valence-corrected chi connectivity index (χ3v) is 3.87. The number of para-hydroxylation sites is 1. The maximum Gasteiger partial charge on any atom is 0.130 e. The molecule has 3 aromatic rings. The van der Waals surface area contributed by atoms with Gasteiger partial charge in [0.1, 0.15) is 5.69 Å². The van der Waals surface area contributed by atoms with Crippen LogP contribution in [0.5, 0.6) is 0 Å². The molecule has 0 fully saturated rings. The predicted octanol–water partition coefficient (Wildman–Crippen LogP) is 4.97. The van der Waals surface area contributed by atoms with Crippen LogP contribution in [0.1, 0.15) is 11.4 Å². The van der Waals surface area contributed by atoms with Gasteiger partial charge in [-0.05, 0) is 44.2 Å². The average Bonchev–Trinajstić information content (AvgIpc) is 2.88. The van der Waals surface area contributed by atoms with Gasteiger partial charge in [0.2, 0.25) is 0 Å². The minimum atomic E-state index is 0.814. The van der Waals surface area contributed by atoms with Crippen LogP contribution in [0.4, 0.5) is 17.1 Å². The Hall–Kier alpha value is -2.95. The zero-order chi connectivity index (χ0) is 17.1. The maximum atomic E-state index is 4.59. The summed E-state index contributed by atoms with van der Waals surface area (Å²) in [5.41, 5.74) is 5.60. The Morgan fingerprint density at radius 2 is 1.67 bits per heavy atom. The van der Waals surface area contributed by atoms with Crippen LogP contribution in [0.3, 0.4) is 0 Å². The fourth-order valence-electron chi connectivity index (χ4n) is 2.54. The van der Waals surface area contributed by atoms with Gasteiger partial charge in [-0.3, -0.25) is 0 Å². The standard InChI is InChI=1S/C19H21N5/c1-14-19(15(2)24(22-14)17-10-6-5-7-11-17)21-20-16-9-8-12-18(13-16)23(3)4/h5-13H,1-4H3. The summed E-state index contributed by atoms with van der Waals surface area (Å²) in [7, 11) is 4.02. The van der Waals surface area contributed by atoms with Gasteiger partial charge in [0.25, 0.3) is 0 Å². The summed E-state index contributed by atoms with van der Waals surface area (Å²) in [5.74, 6) is 0. The van der Waals surface area contributed by atoms with Crippen LogP contribution in [0, 0.1) is 13.8 Å². The SMILES string of the molecule is Cc1nn(-c2ccccc2)c(C)c1N=Nc1cccc(N(C)C)c1. The number of aryl methyl sites for hydroxylation is 1. The highest BCUT2D eigenvalue weighted by Gasteiger charge is 2.12. The third kappa shape index (κ3) is 3.20. The van der Waals surface area contributed by atoms with Crippen molar-refractivity contribution < 1.29 is 0 Å². The molecule has 0 aliphatic carbocycles. The number of rotatable bonds is 4. The Balaban J connectivity index is 1.94. The lowest BCUT2D eigenvalue weighted by Gasteiger charge is -2.11. The summed E-state index contributed by atoms with van der Waals surface area (Å²) in [5, 5.41) is 13.4. The van der Waals surface area contributed by atoms with Crippen molar-refractivity contribution in [1.29, 1.82) is 0 Å². The van der Waals surface area contributed by atoms with Gasteiger partial charge < -0.3 is 4.90 Å². The smallest absolute Gasteiger partial charge is 0.130 e. The molecule has 0 bridgehead atoms. The van der Waals surface area contributed by atoms with E-state index < -0.39 is 0 Å². The number of benzene rings is 2. The quantitative estimate of drug-likeness (QED) is 0.637. The highest BCUT2D eigenvalue weighted by atomic mass is 15.3. The molecule has 0 unspecified atom stereocenters. The van der Waals surface area contributed by atoms with Crippen LogP contribution < -0.4 is 4.90 Å². The molecule has 0 aliphatic heterocycles. The van der Waals surface area contributed by atoms with E-state index in [0.717, 1.165) is 34.1 Å². The van der Waals surface area contributed by atoms with E-state index >= 15 is 0 Å². The lowest BCUT2D eigenvalue weighted by atomic mass is 10.3. The van der Waals surface area contributed by atoms with E-state index in [0.29, 0.717) is 0 Å². The van der Waals surface area contributed by atoms with Gasteiger partial charge in [0, 0.05) is 19.8 Å². The first-order valence-electron chi connectivity index (χ1n) is 7.87. The van der Waals surface area contributed by atoms with E-state index in [2.05, 4.69) is 15.3 Å². The van der Waals surface area contributed by atoms with Crippen molar-refractivity contribution in [2.24, 2.45) is 10.2 Å². The molecule has 0 atom stereocenters. The lowest BCUT2D eigenvalue weighted by Crippen LogP contribution is -2.07. The van der Waals surface area contributed by atoms with Gasteiger partial charge in [-0.2, -0.15) is 10.2 Å². The Morgan fingerprint density at radius 1 is 0.917 bits per heavy atom. The molecule has 2 aromatic carbocycles. The van der Waals surface area contributed by atoms with Crippen molar-refractivity contribution in [3.05, 3.63) is 66.0 Å². The molecule has 0 radical (unpaired) electrons. The molecular weight excluding hydrogens is 298 g/mol. The van der Waals surface area contributed by atoms with Gasteiger partial charge in [-0.1, -0.05) is 24.3 Å². The summed E-state index contributed by atoms with van der Waals surface area (Å²) in [6.07, 6.45) is 0. The van der Waals surface area contributed by atoms with Crippen molar-refractivity contribution in [1.82, 2.24) is 9.78 Å². The van der Waals surface area contributed by atoms with Crippen molar-refractivity contribution in [3.63, 3.8) is 0 Å². The summed E-state index contributed by atoms with van der Waals surface area (Å²) in [6, 6.07) is 18.0. The second-order valence-corrected chi connectivity index (χ2v) is 5.88. The summed E-state index contributed by atoms with van der Waals surface area (Å²) >= 11 is 0. The fraction of sp³-hybridized carbons (Fsp3) is 0.211. The zero-order valence-electron chi connectivity index (χ0n) is 14.4. The predicted molar refractivity (Wildman–Crippen MR) is 98.0 cm³/mol. The molecule has 0 saturated heterocycles. The van der Waals surface area contributed by atoms with E-state index in [1.807, 2.05) is 92.1 Å². The fourth-order valence-corrected chi connectivity index (χ4v) is 2.54. The maximum absolute atomic E-state index is 4.59. The molecule has 0 amide bonds. The summed E-state index contributed by atoms with van der Waals surface area (Å²) in [6.45, 7) is 3.97. The van der Waals surface area contributed by atoms with Crippen molar-refractivity contribution >= 4 is 17.1 Å². The first-order chi connectivity index (χ1) is 11.6. The summed E-state index contributed by atoms with van der Waals surface area (Å²) in [4.78, 5) is 2.04. The lowest BCUT2D eigenvalue weighted by molar-refractivity contribution is 0.833. The number of aromatic nitrogens is 2. The van der Waals surface area contributed by atoms with E-state index in [4.69, 9.17) is 0 Å². The van der Waals surface area contributed by atoms with Gasteiger partial charge >= 0.3 is 0 Å². The van der Waals surface area contributed by atoms with Crippen LogP contribution in [0.2, 0.25) is 0 Å². The average molecular weight is 319 g/mol. The van der Waals surface area contributed by atoms with E-state index in [9.17, 15) is 0 Å². The topological polar surface area (TPSA) is 45.8 Å². The van der Waals surface area contributed by atoms with E-state index in [1.54, 1.807) is 0 Å². The third-order valence-electron chi connectivity index (χ3n) is 3.87. The van der Waals surface area contributed by atoms with Crippen LogP contribution in [0.25, 0.3) is 5.69 Å². The molecule has 1 aromatic heterocycles. The second-order valence-electron chi connectivity index (χ2n) is 5.88. The van der Waals surface area contributed by atoms with E-state index in [1.165, 1.54) is 0 Å². The van der Waals surface area contributed by atoms with Crippen LogP contribution >= 0.6 is 0 Å². The molecule has 0 saturated carbocycles. The van der Waals surface area contributed by atoms with Gasteiger partial charge in [0.15, 0.2) is 0 Å². The molecule has 0 aliphatic rings. The van der Waals surface area contributed by atoms with Crippen molar-refractivity contribution in [3.8, 4) is 5.69 Å². The molecule has 5 heteroatoms. The molecule has 3 rings (SSSR count). The minimum Gasteiger partial charge on any atom is -0.378 e. The summed E-state index contributed by atoms with van der Waals surface area (Å²) < 4.78 is 1.90. The van der Waals surface area contributed by atoms with Crippen LogP contribution in [-0.2, 0) is 0 Å². The van der Waals surface area contributed by atoms with Gasteiger partial charge in [-0.15, -0.1) is 5.11 Å². The van der Waals surface area contributed by atoms with Gasteiger partial charge in [0.05, 0.1) is 22.8 Å². The normalized spacial score (nSPS) is 11.2. The Kier molecular flexibility index (Phi) is 4.42. The van der Waals surface area contributed by atoms with Crippen molar-refractivity contribution in [2.75, 3.05) is 19.0 Å². The molecule has 0 N–H and O–H groups in total. The Bertz CT molecular complexity index is 863. The first-order valence-corrected chi connectivity index (χ1v) is 7.87. The van der Waals surface area contributed by atoms with Crippen molar-refractivity contribution in [2.45, 2.75) is 13.8 Å². The number of anilines is 1. The molecule has 5 nitrogen and oxygen atoms in total. The number of hydrogen-bond donors (Lipinski definition) is 0. The van der Waals surface area contributed by atoms with Crippen LogP contribution in [0.15, 0.2) is 64.8 Å². The van der Waals surface area contributed by atoms with Crippen LogP contribution in [-0.4, -0.2) is 23.9 Å². The molecular formula is C19H21N5.